The number of hydrogen-bond donors (Lipinski definition) is 1. The summed E-state index contributed by atoms with van der Waals surface area (Å²) >= 11 is 0. The van der Waals surface area contributed by atoms with Gasteiger partial charge in [-0.1, -0.05) is 6.92 Å². The van der Waals surface area contributed by atoms with Crippen molar-refractivity contribution in [3.8, 4) is 5.88 Å². The van der Waals surface area contributed by atoms with E-state index in [9.17, 15) is 18.3 Å². The molecule has 1 aliphatic heterocycles. The van der Waals surface area contributed by atoms with Crippen molar-refractivity contribution >= 4 is 45.5 Å². The predicted octanol–water partition coefficient (Wildman–Crippen LogP) is -0.155. The Balaban J connectivity index is 0.00000420. The Bertz CT molecular complexity index is 770. The van der Waals surface area contributed by atoms with Crippen molar-refractivity contribution in [2.75, 3.05) is 53.6 Å². The summed E-state index contributed by atoms with van der Waals surface area (Å²) in [5.41, 5.74) is -0.340. The monoisotopic (exact) mass is 441 g/mol. The summed E-state index contributed by atoms with van der Waals surface area (Å²) in [5, 5.41) is 9.49. The van der Waals surface area contributed by atoms with E-state index in [1.54, 1.807) is 0 Å². The quantitative estimate of drug-likeness (QED) is 0.390. The van der Waals surface area contributed by atoms with Crippen LogP contribution in [-0.2, 0) is 19.5 Å². The average Bonchev–Trinajstić information content (AvgIpc) is 2.70. The summed E-state index contributed by atoms with van der Waals surface area (Å²) < 4.78 is 42.7. The summed E-state index contributed by atoms with van der Waals surface area (Å²) in [6.07, 6.45) is 0.706. The number of hydrogen-bond acceptors (Lipinski definition) is 8. The van der Waals surface area contributed by atoms with Gasteiger partial charge in [0.25, 0.3) is 0 Å². The van der Waals surface area contributed by atoms with Crippen molar-refractivity contribution < 1.29 is 32.5 Å². The first-order valence-electron chi connectivity index (χ1n) is 8.97. The van der Waals surface area contributed by atoms with Crippen LogP contribution in [0.15, 0.2) is 17.2 Å². The van der Waals surface area contributed by atoms with Crippen LogP contribution >= 0.6 is 0 Å². The van der Waals surface area contributed by atoms with Gasteiger partial charge in [-0.3, -0.25) is 0 Å². The van der Waals surface area contributed by atoms with Crippen molar-refractivity contribution in [3.63, 3.8) is 0 Å². The second kappa shape index (κ2) is 12.2. The number of nitrogens with zero attached hydrogens (tertiary/aromatic N) is 3. The minimum absolute atomic E-state index is 0. The van der Waals surface area contributed by atoms with E-state index in [1.165, 1.54) is 18.5 Å². The third-order valence-corrected chi connectivity index (χ3v) is 6.40. The van der Waals surface area contributed by atoms with Gasteiger partial charge in [0.05, 0.1) is 12.8 Å². The first-order chi connectivity index (χ1) is 13.3. The van der Waals surface area contributed by atoms with Crippen molar-refractivity contribution in [2.45, 2.75) is 24.5 Å². The normalized spacial score (nSPS) is 16.8. The SMILES string of the molecule is CCN1CCN(S(=O)(=O)c2cnc(OC(CCOC)OC)c(C(=O)O)c2)CC1.[NaH]. The second-order valence-electron chi connectivity index (χ2n) is 6.23. The van der Waals surface area contributed by atoms with E-state index in [0.29, 0.717) is 39.2 Å². The molecule has 1 aliphatic rings. The maximum absolute atomic E-state index is 12.9. The molecule has 1 N–H and O–H groups in total. The molecular formula is C17H28N3NaO7S. The number of piperazine rings is 1. The zero-order valence-electron chi connectivity index (χ0n) is 16.3. The summed E-state index contributed by atoms with van der Waals surface area (Å²) in [6, 6.07) is 1.08. The van der Waals surface area contributed by atoms with Crippen LogP contribution in [0.2, 0.25) is 0 Å². The van der Waals surface area contributed by atoms with Crippen molar-refractivity contribution in [3.05, 3.63) is 17.8 Å². The summed E-state index contributed by atoms with van der Waals surface area (Å²) in [6.45, 7) is 5.17. The minimum atomic E-state index is -3.84. The molecule has 0 saturated carbocycles. The van der Waals surface area contributed by atoms with E-state index in [2.05, 4.69) is 9.88 Å². The van der Waals surface area contributed by atoms with Crippen molar-refractivity contribution in [1.29, 1.82) is 0 Å². The van der Waals surface area contributed by atoms with Gasteiger partial charge < -0.3 is 24.2 Å². The van der Waals surface area contributed by atoms with E-state index in [1.807, 2.05) is 6.92 Å². The molecule has 2 heterocycles. The maximum atomic E-state index is 12.9. The topological polar surface area (TPSA) is 119 Å². The zero-order valence-corrected chi connectivity index (χ0v) is 17.1. The van der Waals surface area contributed by atoms with E-state index < -0.39 is 22.3 Å². The molecule has 29 heavy (non-hydrogen) atoms. The van der Waals surface area contributed by atoms with Gasteiger partial charge in [-0.25, -0.2) is 18.2 Å². The third kappa shape index (κ3) is 6.86. The van der Waals surface area contributed by atoms with Crippen LogP contribution in [0, 0.1) is 0 Å². The standard InChI is InChI=1S/C17H27N3O7S.Na.H/c1-4-19-6-8-20(9-7-19)28(23,24)13-11-14(17(21)22)16(18-12-13)27-15(26-3)5-10-25-2;;/h11-12,15H,4-10H2,1-3H3,(H,21,22);;. The van der Waals surface area contributed by atoms with Gasteiger partial charge in [0.15, 0.2) is 0 Å². The Morgan fingerprint density at radius 2 is 1.93 bits per heavy atom. The van der Waals surface area contributed by atoms with Crippen LogP contribution < -0.4 is 4.74 Å². The number of ether oxygens (including phenoxy) is 3. The molecule has 0 aliphatic carbocycles. The summed E-state index contributed by atoms with van der Waals surface area (Å²) in [7, 11) is -0.907. The molecule has 1 aromatic rings. The molecule has 0 radical (unpaired) electrons. The van der Waals surface area contributed by atoms with Crippen molar-refractivity contribution in [1.82, 2.24) is 14.2 Å². The summed E-state index contributed by atoms with van der Waals surface area (Å²) in [4.78, 5) is 17.6. The van der Waals surface area contributed by atoms with E-state index >= 15 is 0 Å². The van der Waals surface area contributed by atoms with Gasteiger partial charge in [0, 0.05) is 46.8 Å². The molecule has 10 nitrogen and oxygen atoms in total. The number of likely N-dealkylation sites (N-methyl/N-ethyl adjacent to an activating group) is 1. The zero-order chi connectivity index (χ0) is 20.7. The molecule has 1 atom stereocenters. The fourth-order valence-electron chi connectivity index (χ4n) is 2.82. The fourth-order valence-corrected chi connectivity index (χ4v) is 4.21. The number of carboxylic acid groups (broad SMARTS) is 1. The van der Waals surface area contributed by atoms with E-state index in [-0.39, 0.29) is 45.9 Å². The van der Waals surface area contributed by atoms with E-state index in [4.69, 9.17) is 14.2 Å². The van der Waals surface area contributed by atoms with Crippen LogP contribution in [0.5, 0.6) is 5.88 Å². The Hall–Kier alpha value is -0.790. The van der Waals surface area contributed by atoms with E-state index in [0.717, 1.165) is 18.8 Å². The number of aromatic nitrogens is 1. The molecule has 0 bridgehead atoms. The number of pyridine rings is 1. The number of aromatic carboxylic acids is 1. The molecule has 1 saturated heterocycles. The molecule has 0 aromatic carbocycles. The first kappa shape index (κ1) is 26.2. The Kier molecular flexibility index (Phi) is 11.0. The average molecular weight is 441 g/mol. The number of carbonyl (C=O) groups is 1. The van der Waals surface area contributed by atoms with Crippen LogP contribution in [0.25, 0.3) is 0 Å². The molecule has 12 heteroatoms. The molecule has 160 valence electrons. The van der Waals surface area contributed by atoms with Crippen LogP contribution in [0.4, 0.5) is 0 Å². The Labute approximate surface area is 193 Å². The van der Waals surface area contributed by atoms with Gasteiger partial charge in [0.1, 0.15) is 10.5 Å². The summed E-state index contributed by atoms with van der Waals surface area (Å²) in [5.74, 6) is -1.54. The van der Waals surface area contributed by atoms with Gasteiger partial charge in [-0.2, -0.15) is 4.31 Å². The third-order valence-electron chi connectivity index (χ3n) is 4.54. The molecular weight excluding hydrogens is 413 g/mol. The number of carboxylic acids is 1. The molecule has 2 rings (SSSR count). The Morgan fingerprint density at radius 3 is 2.45 bits per heavy atom. The van der Waals surface area contributed by atoms with Gasteiger partial charge in [-0.15, -0.1) is 0 Å². The number of sulfonamides is 1. The van der Waals surface area contributed by atoms with Crippen molar-refractivity contribution in [2.24, 2.45) is 0 Å². The van der Waals surface area contributed by atoms with Gasteiger partial charge in [0.2, 0.25) is 22.2 Å². The predicted molar refractivity (Wildman–Crippen MR) is 107 cm³/mol. The molecule has 0 spiro atoms. The van der Waals surface area contributed by atoms with Crippen LogP contribution in [-0.4, -0.2) is 123 Å². The second-order valence-corrected chi connectivity index (χ2v) is 8.17. The molecule has 0 amide bonds. The fraction of sp³-hybridized carbons (Fsp3) is 0.647. The molecule has 1 unspecified atom stereocenters. The number of methoxy groups -OCH3 is 2. The van der Waals surface area contributed by atoms with Crippen LogP contribution in [0.3, 0.4) is 0 Å². The van der Waals surface area contributed by atoms with Gasteiger partial charge >= 0.3 is 35.5 Å². The van der Waals surface area contributed by atoms with Gasteiger partial charge in [-0.05, 0) is 12.6 Å². The number of rotatable bonds is 10. The molecule has 1 aromatic heterocycles. The molecule has 1 fully saturated rings. The van der Waals surface area contributed by atoms with Crippen LogP contribution in [0.1, 0.15) is 23.7 Å². The Morgan fingerprint density at radius 1 is 1.28 bits per heavy atom. The first-order valence-corrected chi connectivity index (χ1v) is 10.4.